The lowest BCUT2D eigenvalue weighted by Gasteiger charge is -2.03. The van der Waals surface area contributed by atoms with Crippen LogP contribution in [-0.2, 0) is 11.2 Å². The van der Waals surface area contributed by atoms with Gasteiger partial charge in [0.2, 0.25) is 5.91 Å². The molecule has 0 aliphatic heterocycles. The molecule has 2 aromatic rings. The van der Waals surface area contributed by atoms with Crippen LogP contribution in [0.5, 0.6) is 0 Å². The van der Waals surface area contributed by atoms with Gasteiger partial charge in [-0.2, -0.15) is 0 Å². The number of nitrogens with zero attached hydrogens (tertiary/aromatic N) is 2. The Bertz CT molecular complexity index is 528. The summed E-state index contributed by atoms with van der Waals surface area (Å²) < 4.78 is 0. The van der Waals surface area contributed by atoms with E-state index in [1.165, 1.54) is 0 Å². The van der Waals surface area contributed by atoms with Crippen LogP contribution in [0.1, 0.15) is 10.7 Å². The Morgan fingerprint density at radius 3 is 3.05 bits per heavy atom. The van der Waals surface area contributed by atoms with Gasteiger partial charge in [-0.25, -0.2) is 9.97 Å². The fourth-order valence-corrected chi connectivity index (χ4v) is 2.83. The molecule has 0 spiro atoms. The molecule has 0 fully saturated rings. The van der Waals surface area contributed by atoms with E-state index in [2.05, 4.69) is 15.3 Å². The molecule has 1 N–H and O–H groups in total. The van der Waals surface area contributed by atoms with Crippen molar-refractivity contribution >= 4 is 29.0 Å². The number of nitrogens with one attached hydrogen (secondary N) is 1. The standard InChI is InChI=1S/C13H15N3OS2/c1-10-16-11(9-19-10)8-12(17)14-6-7-18-13-4-2-3-5-15-13/h2-5,9H,6-8H2,1H3,(H,14,17). The fourth-order valence-electron chi connectivity index (χ4n) is 1.49. The first kappa shape index (κ1) is 14.0. The molecule has 2 heterocycles. The zero-order chi connectivity index (χ0) is 13.5. The zero-order valence-electron chi connectivity index (χ0n) is 10.6. The summed E-state index contributed by atoms with van der Waals surface area (Å²) in [5.41, 5.74) is 0.845. The number of aryl methyl sites for hydroxylation is 1. The normalized spacial score (nSPS) is 10.4. The lowest BCUT2D eigenvalue weighted by molar-refractivity contribution is -0.120. The SMILES string of the molecule is Cc1nc(CC(=O)NCCSc2ccccn2)cs1. The number of amides is 1. The number of carbonyl (C=O) groups is 1. The number of hydrogen-bond acceptors (Lipinski definition) is 5. The van der Waals surface area contributed by atoms with Crippen LogP contribution in [0.2, 0.25) is 0 Å². The van der Waals surface area contributed by atoms with Crippen LogP contribution in [0.3, 0.4) is 0 Å². The predicted octanol–water partition coefficient (Wildman–Crippen LogP) is 2.30. The highest BCUT2D eigenvalue weighted by atomic mass is 32.2. The van der Waals surface area contributed by atoms with Gasteiger partial charge < -0.3 is 5.32 Å². The van der Waals surface area contributed by atoms with E-state index in [1.807, 2.05) is 30.5 Å². The van der Waals surface area contributed by atoms with Gasteiger partial charge in [-0.3, -0.25) is 4.79 Å². The van der Waals surface area contributed by atoms with E-state index in [9.17, 15) is 4.79 Å². The van der Waals surface area contributed by atoms with Gasteiger partial charge in [-0.05, 0) is 19.1 Å². The van der Waals surface area contributed by atoms with Gasteiger partial charge in [0, 0.05) is 23.9 Å². The number of aromatic nitrogens is 2. The maximum atomic E-state index is 11.7. The molecule has 4 nitrogen and oxygen atoms in total. The molecule has 0 atom stereocenters. The number of carbonyl (C=O) groups excluding carboxylic acids is 1. The average molecular weight is 293 g/mol. The molecule has 0 unspecified atom stereocenters. The van der Waals surface area contributed by atoms with Crippen LogP contribution < -0.4 is 5.32 Å². The van der Waals surface area contributed by atoms with Crippen LogP contribution >= 0.6 is 23.1 Å². The van der Waals surface area contributed by atoms with Crippen molar-refractivity contribution in [1.82, 2.24) is 15.3 Å². The fraction of sp³-hybridized carbons (Fsp3) is 0.308. The minimum atomic E-state index is 0.0203. The molecule has 0 saturated heterocycles. The molecule has 100 valence electrons. The Hall–Kier alpha value is -1.40. The lowest BCUT2D eigenvalue weighted by atomic mass is 10.3. The van der Waals surface area contributed by atoms with Crippen molar-refractivity contribution in [3.63, 3.8) is 0 Å². The van der Waals surface area contributed by atoms with Gasteiger partial charge in [-0.1, -0.05) is 6.07 Å². The Morgan fingerprint density at radius 1 is 1.47 bits per heavy atom. The molecule has 2 rings (SSSR count). The van der Waals surface area contributed by atoms with Crippen molar-refractivity contribution < 1.29 is 4.79 Å². The Kier molecular flexibility index (Phi) is 5.35. The molecule has 19 heavy (non-hydrogen) atoms. The van der Waals surface area contributed by atoms with Gasteiger partial charge in [0.1, 0.15) is 0 Å². The number of hydrogen-bond donors (Lipinski definition) is 1. The summed E-state index contributed by atoms with van der Waals surface area (Å²) in [6, 6.07) is 5.81. The topological polar surface area (TPSA) is 54.9 Å². The van der Waals surface area contributed by atoms with Crippen molar-refractivity contribution in [3.05, 3.63) is 40.5 Å². The van der Waals surface area contributed by atoms with Crippen molar-refractivity contribution in [2.75, 3.05) is 12.3 Å². The predicted molar refractivity (Wildman–Crippen MR) is 78.5 cm³/mol. The smallest absolute Gasteiger partial charge is 0.226 e. The molecule has 0 bridgehead atoms. The maximum Gasteiger partial charge on any atom is 0.226 e. The Morgan fingerprint density at radius 2 is 2.37 bits per heavy atom. The van der Waals surface area contributed by atoms with Crippen LogP contribution in [0.15, 0.2) is 34.8 Å². The molecule has 6 heteroatoms. The van der Waals surface area contributed by atoms with Gasteiger partial charge in [0.25, 0.3) is 0 Å². The average Bonchev–Trinajstić information content (AvgIpc) is 2.81. The third-order valence-electron chi connectivity index (χ3n) is 2.32. The van der Waals surface area contributed by atoms with Crippen LogP contribution in [0.4, 0.5) is 0 Å². The van der Waals surface area contributed by atoms with Crippen molar-refractivity contribution in [2.24, 2.45) is 0 Å². The minimum absolute atomic E-state index is 0.0203. The van der Waals surface area contributed by atoms with Crippen LogP contribution in [-0.4, -0.2) is 28.2 Å². The summed E-state index contributed by atoms with van der Waals surface area (Å²) in [4.78, 5) is 20.1. The molecular formula is C13H15N3OS2. The largest absolute Gasteiger partial charge is 0.355 e. The second kappa shape index (κ2) is 7.25. The third-order valence-corrected chi connectivity index (χ3v) is 4.09. The van der Waals surface area contributed by atoms with E-state index in [0.29, 0.717) is 13.0 Å². The monoisotopic (exact) mass is 293 g/mol. The quantitative estimate of drug-likeness (QED) is 0.656. The Balaban J connectivity index is 1.64. The highest BCUT2D eigenvalue weighted by Crippen LogP contribution is 2.12. The van der Waals surface area contributed by atoms with E-state index in [-0.39, 0.29) is 5.91 Å². The molecular weight excluding hydrogens is 278 g/mol. The number of rotatable bonds is 6. The van der Waals surface area contributed by atoms with Gasteiger partial charge >= 0.3 is 0 Å². The molecule has 0 aliphatic carbocycles. The first-order valence-corrected chi connectivity index (χ1v) is 7.82. The summed E-state index contributed by atoms with van der Waals surface area (Å²) in [5, 5.41) is 6.79. The van der Waals surface area contributed by atoms with Crippen molar-refractivity contribution in [1.29, 1.82) is 0 Å². The molecule has 2 aromatic heterocycles. The number of pyridine rings is 1. The van der Waals surface area contributed by atoms with E-state index in [1.54, 1.807) is 29.3 Å². The van der Waals surface area contributed by atoms with E-state index < -0.39 is 0 Å². The van der Waals surface area contributed by atoms with Crippen molar-refractivity contribution in [2.45, 2.75) is 18.4 Å². The first-order valence-electron chi connectivity index (χ1n) is 5.95. The summed E-state index contributed by atoms with van der Waals surface area (Å²) in [6.07, 6.45) is 2.13. The van der Waals surface area contributed by atoms with Crippen LogP contribution in [0.25, 0.3) is 0 Å². The molecule has 0 saturated carbocycles. The maximum absolute atomic E-state index is 11.7. The molecule has 0 radical (unpaired) electrons. The Labute approximate surface area is 120 Å². The second-order valence-electron chi connectivity index (χ2n) is 3.90. The lowest BCUT2D eigenvalue weighted by Crippen LogP contribution is -2.27. The molecule has 0 aliphatic rings. The highest BCUT2D eigenvalue weighted by molar-refractivity contribution is 7.99. The van der Waals surface area contributed by atoms with Crippen LogP contribution in [0, 0.1) is 6.92 Å². The number of thiazole rings is 1. The minimum Gasteiger partial charge on any atom is -0.355 e. The zero-order valence-corrected chi connectivity index (χ0v) is 12.3. The first-order chi connectivity index (χ1) is 9.24. The number of thioether (sulfide) groups is 1. The van der Waals surface area contributed by atoms with Gasteiger partial charge in [-0.15, -0.1) is 23.1 Å². The second-order valence-corrected chi connectivity index (χ2v) is 6.08. The van der Waals surface area contributed by atoms with E-state index in [0.717, 1.165) is 21.5 Å². The van der Waals surface area contributed by atoms with Gasteiger partial charge in [0.15, 0.2) is 0 Å². The molecule has 0 aromatic carbocycles. The summed E-state index contributed by atoms with van der Waals surface area (Å²) in [6.45, 7) is 2.58. The van der Waals surface area contributed by atoms with Crippen molar-refractivity contribution in [3.8, 4) is 0 Å². The summed E-state index contributed by atoms with van der Waals surface area (Å²) >= 11 is 3.20. The van der Waals surface area contributed by atoms with E-state index in [4.69, 9.17) is 0 Å². The van der Waals surface area contributed by atoms with Gasteiger partial charge in [0.05, 0.1) is 22.1 Å². The third kappa shape index (κ3) is 5.00. The van der Waals surface area contributed by atoms with E-state index >= 15 is 0 Å². The highest BCUT2D eigenvalue weighted by Gasteiger charge is 2.05. The summed E-state index contributed by atoms with van der Waals surface area (Å²) in [5.74, 6) is 0.839. The summed E-state index contributed by atoms with van der Waals surface area (Å²) in [7, 11) is 0. The molecule has 1 amide bonds.